The highest BCUT2D eigenvalue weighted by Gasteiger charge is 2.45. The van der Waals surface area contributed by atoms with Crippen molar-refractivity contribution in [3.05, 3.63) is 132 Å². The molecule has 0 N–H and O–H groups in total. The largest absolute Gasteiger partial charge is 0.417 e. The molecule has 0 spiro atoms. The topological polar surface area (TPSA) is 47.1 Å². The Bertz CT molecular complexity index is 1530. The molecule has 0 aliphatic carbocycles. The van der Waals surface area contributed by atoms with E-state index in [9.17, 15) is 13.2 Å². The molecule has 47 heavy (non-hydrogen) atoms. The molecule has 4 aromatic rings. The second kappa shape index (κ2) is 15.4. The summed E-state index contributed by atoms with van der Waals surface area (Å²) in [6.45, 7) is 6.28. The predicted octanol–water partition coefficient (Wildman–Crippen LogP) is 7.39. The number of rotatable bonds is 12. The van der Waals surface area contributed by atoms with Crippen LogP contribution in [-0.2, 0) is 40.2 Å². The van der Waals surface area contributed by atoms with Gasteiger partial charge in [-0.05, 0) is 42.0 Å². The van der Waals surface area contributed by atoms with Crippen molar-refractivity contribution in [2.45, 2.75) is 63.7 Å². The Morgan fingerprint density at radius 3 is 1.85 bits per heavy atom. The monoisotopic (exact) mass is 645 g/mol. The number of likely N-dealkylation sites (tertiary alicyclic amines) is 1. The van der Waals surface area contributed by atoms with Crippen molar-refractivity contribution in [3.63, 3.8) is 0 Å². The van der Waals surface area contributed by atoms with Crippen LogP contribution in [0.5, 0.6) is 0 Å². The lowest BCUT2D eigenvalue weighted by molar-refractivity contribution is -0.201. The zero-order valence-corrected chi connectivity index (χ0v) is 26.6. The third kappa shape index (κ3) is 8.78. The number of alkyl halides is 3. The van der Waals surface area contributed by atoms with E-state index < -0.39 is 11.7 Å². The summed E-state index contributed by atoms with van der Waals surface area (Å²) in [7, 11) is 0. The van der Waals surface area contributed by atoms with Gasteiger partial charge in [0.1, 0.15) is 12.2 Å². The summed E-state index contributed by atoms with van der Waals surface area (Å²) >= 11 is 0. The Morgan fingerprint density at radius 2 is 1.28 bits per heavy atom. The molecule has 248 valence electrons. The van der Waals surface area contributed by atoms with E-state index in [2.05, 4.69) is 53.2 Å². The number of benzene rings is 3. The van der Waals surface area contributed by atoms with Crippen molar-refractivity contribution in [2.75, 3.05) is 31.1 Å². The van der Waals surface area contributed by atoms with Crippen LogP contribution in [0.3, 0.4) is 0 Å². The highest BCUT2D eigenvalue weighted by molar-refractivity contribution is 5.47. The molecule has 2 saturated heterocycles. The predicted molar refractivity (Wildman–Crippen MR) is 176 cm³/mol. The molecule has 9 heteroatoms. The van der Waals surface area contributed by atoms with E-state index in [1.807, 2.05) is 59.5 Å². The number of pyridine rings is 1. The molecule has 0 saturated carbocycles. The van der Waals surface area contributed by atoms with Crippen LogP contribution in [0.2, 0.25) is 0 Å². The molecule has 5 atom stereocenters. The van der Waals surface area contributed by atoms with Crippen LogP contribution in [0.25, 0.3) is 0 Å². The van der Waals surface area contributed by atoms with Gasteiger partial charge in [0.25, 0.3) is 0 Å². The lowest BCUT2D eigenvalue weighted by Crippen LogP contribution is -2.63. The molecular weight excluding hydrogens is 603 g/mol. The minimum absolute atomic E-state index is 0.0142. The first-order valence-corrected chi connectivity index (χ1v) is 16.3. The Kier molecular flexibility index (Phi) is 10.9. The molecular formula is C38H42F3N3O3. The first-order chi connectivity index (χ1) is 22.8. The zero-order valence-electron chi connectivity index (χ0n) is 26.6. The van der Waals surface area contributed by atoms with Crippen LogP contribution in [0.15, 0.2) is 109 Å². The highest BCUT2D eigenvalue weighted by atomic mass is 19.4. The SMILES string of the molecule is C[C@@H]1[C@@H](OCc2ccccc2)[C@H](OCc2ccccc2)[C@@H](OCc2ccccc2)CN1C[C@H]1CCN(c2cncc(C(F)(F)F)c2)C1. The highest BCUT2D eigenvalue weighted by Crippen LogP contribution is 2.34. The fourth-order valence-corrected chi connectivity index (χ4v) is 6.63. The van der Waals surface area contributed by atoms with Gasteiger partial charge in [0.15, 0.2) is 0 Å². The summed E-state index contributed by atoms with van der Waals surface area (Å²) in [5, 5.41) is 0. The Balaban J connectivity index is 1.21. The summed E-state index contributed by atoms with van der Waals surface area (Å²) < 4.78 is 60.2. The summed E-state index contributed by atoms with van der Waals surface area (Å²) in [6, 6.07) is 31.6. The van der Waals surface area contributed by atoms with E-state index in [-0.39, 0.29) is 30.3 Å². The van der Waals surface area contributed by atoms with E-state index in [1.165, 1.54) is 12.3 Å². The smallest absolute Gasteiger partial charge is 0.370 e. The fraction of sp³-hybridized carbons (Fsp3) is 0.395. The zero-order chi connectivity index (χ0) is 32.6. The number of ether oxygens (including phenoxy) is 3. The maximum Gasteiger partial charge on any atom is 0.417 e. The number of hydrogen-bond acceptors (Lipinski definition) is 6. The van der Waals surface area contributed by atoms with Gasteiger partial charge >= 0.3 is 6.18 Å². The quantitative estimate of drug-likeness (QED) is 0.160. The van der Waals surface area contributed by atoms with Crippen molar-refractivity contribution in [1.29, 1.82) is 0 Å². The molecule has 2 aliphatic heterocycles. The van der Waals surface area contributed by atoms with Crippen molar-refractivity contribution >= 4 is 5.69 Å². The van der Waals surface area contributed by atoms with Crippen molar-refractivity contribution in [2.24, 2.45) is 5.92 Å². The van der Waals surface area contributed by atoms with E-state index >= 15 is 0 Å². The minimum Gasteiger partial charge on any atom is -0.370 e. The number of piperidine rings is 1. The number of hydrogen-bond donors (Lipinski definition) is 0. The first-order valence-electron chi connectivity index (χ1n) is 16.3. The van der Waals surface area contributed by atoms with Crippen LogP contribution < -0.4 is 4.90 Å². The normalized spacial score (nSPS) is 23.7. The third-order valence-electron chi connectivity index (χ3n) is 9.23. The first kappa shape index (κ1) is 33.2. The Morgan fingerprint density at radius 1 is 0.723 bits per heavy atom. The molecule has 0 amide bonds. The van der Waals surface area contributed by atoms with Gasteiger partial charge in [-0.2, -0.15) is 13.2 Å². The maximum atomic E-state index is 13.4. The van der Waals surface area contributed by atoms with Crippen molar-refractivity contribution in [1.82, 2.24) is 9.88 Å². The van der Waals surface area contributed by atoms with Crippen molar-refractivity contribution < 1.29 is 27.4 Å². The minimum atomic E-state index is -4.42. The second-order valence-corrected chi connectivity index (χ2v) is 12.6. The second-order valence-electron chi connectivity index (χ2n) is 12.6. The average molecular weight is 646 g/mol. The number of aromatic nitrogens is 1. The maximum absolute atomic E-state index is 13.4. The molecule has 6 rings (SSSR count). The van der Waals surface area contributed by atoms with Crippen LogP contribution in [0, 0.1) is 5.92 Å². The summed E-state index contributed by atoms with van der Waals surface area (Å²) in [4.78, 5) is 8.32. The standard InChI is InChI=1S/C38H42F3N3O3/c1-28-36(46-26-30-13-7-3-8-14-30)37(47-27-31-15-9-4-10-16-31)35(45-25-29-11-5-2-6-12-29)24-44(28)23-32-17-18-43(22-32)34-19-33(20-42-21-34)38(39,40)41/h2-16,19-21,28,32,35-37H,17-18,22-27H2,1H3/t28-,32+,35+,36-,37-/m1/s1. The van der Waals surface area contributed by atoms with Gasteiger partial charge in [-0.1, -0.05) is 91.0 Å². The molecule has 0 radical (unpaired) electrons. The van der Waals surface area contributed by atoms with Crippen LogP contribution in [0.4, 0.5) is 18.9 Å². The van der Waals surface area contributed by atoms with E-state index in [1.54, 1.807) is 0 Å². The van der Waals surface area contributed by atoms with Gasteiger partial charge in [0, 0.05) is 38.4 Å². The molecule has 6 nitrogen and oxygen atoms in total. The lowest BCUT2D eigenvalue weighted by Gasteiger charge is -2.48. The molecule has 3 aromatic carbocycles. The Labute approximate surface area is 275 Å². The van der Waals surface area contributed by atoms with E-state index in [0.29, 0.717) is 45.1 Å². The van der Waals surface area contributed by atoms with Gasteiger partial charge in [0.05, 0.1) is 43.4 Å². The van der Waals surface area contributed by atoms with Gasteiger partial charge < -0.3 is 19.1 Å². The van der Waals surface area contributed by atoms with E-state index in [4.69, 9.17) is 14.2 Å². The molecule has 2 fully saturated rings. The van der Waals surface area contributed by atoms with Crippen molar-refractivity contribution in [3.8, 4) is 0 Å². The fourth-order valence-electron chi connectivity index (χ4n) is 6.63. The van der Waals surface area contributed by atoms with Gasteiger partial charge in [0.2, 0.25) is 0 Å². The molecule has 0 unspecified atom stereocenters. The molecule has 2 aliphatic rings. The van der Waals surface area contributed by atoms with Gasteiger partial charge in [-0.25, -0.2) is 0 Å². The molecule has 1 aromatic heterocycles. The average Bonchev–Trinajstić information content (AvgIpc) is 3.57. The summed E-state index contributed by atoms with van der Waals surface area (Å²) in [5.41, 5.74) is 3.04. The van der Waals surface area contributed by atoms with Crippen LogP contribution in [-0.4, -0.2) is 60.4 Å². The number of anilines is 1. The molecule has 0 bridgehead atoms. The summed E-state index contributed by atoms with van der Waals surface area (Å²) in [6.07, 6.45) is -2.00. The van der Waals surface area contributed by atoms with Crippen LogP contribution >= 0.6 is 0 Å². The van der Waals surface area contributed by atoms with E-state index in [0.717, 1.165) is 35.9 Å². The Hall–Kier alpha value is -3.76. The number of nitrogens with zero attached hydrogens (tertiary/aromatic N) is 3. The molecule has 3 heterocycles. The van der Waals surface area contributed by atoms with Crippen LogP contribution in [0.1, 0.15) is 35.6 Å². The summed E-state index contributed by atoms with van der Waals surface area (Å²) in [5.74, 6) is 0.262. The third-order valence-corrected chi connectivity index (χ3v) is 9.23. The van der Waals surface area contributed by atoms with Gasteiger partial charge in [-0.15, -0.1) is 0 Å². The number of halogens is 3. The lowest BCUT2D eigenvalue weighted by atomic mass is 9.92. The van der Waals surface area contributed by atoms with Gasteiger partial charge in [-0.3, -0.25) is 9.88 Å².